The van der Waals surface area contributed by atoms with E-state index >= 15 is 0 Å². The molecule has 1 aromatic carbocycles. The maximum Gasteiger partial charge on any atom is 1.00 e. The summed E-state index contributed by atoms with van der Waals surface area (Å²) in [6.45, 7) is 0. The van der Waals surface area contributed by atoms with Crippen LogP contribution < -0.4 is 56.7 Å². The fourth-order valence-corrected chi connectivity index (χ4v) is 0.847. The molecule has 0 saturated carbocycles. The molecule has 0 fully saturated rings. The number of benzene rings is 1. The first-order valence-electron chi connectivity index (χ1n) is 3.29. The number of nitrogens with zero attached hydrogens (tertiary/aromatic N) is 2. The second-order valence-corrected chi connectivity index (χ2v) is 2.38. The van der Waals surface area contributed by atoms with Crippen molar-refractivity contribution in [3.8, 4) is 6.19 Å². The van der Waals surface area contributed by atoms with Crippen LogP contribution in [0.3, 0.4) is 0 Å². The Bertz CT molecular complexity index is 318. The monoisotopic (exact) mass is 215 g/mol. The number of nitrogens with one attached hydrogen (secondary N) is 1. The van der Waals surface area contributed by atoms with E-state index in [0.717, 1.165) is 5.69 Å². The van der Waals surface area contributed by atoms with Gasteiger partial charge in [0, 0.05) is 0 Å². The molecular weight excluding hydrogens is 209 g/mol. The summed E-state index contributed by atoms with van der Waals surface area (Å²) in [5.74, 6) is 0. The molecule has 1 aromatic rings. The summed E-state index contributed by atoms with van der Waals surface area (Å²) in [5, 5.41) is 10.7. The topological polar surface area (TPSA) is 48.2 Å². The Kier molecular flexibility index (Phi) is 7.46. The van der Waals surface area contributed by atoms with Crippen molar-refractivity contribution in [3.63, 3.8) is 0 Å². The van der Waals surface area contributed by atoms with Crippen molar-refractivity contribution in [3.05, 3.63) is 30.3 Å². The van der Waals surface area contributed by atoms with Gasteiger partial charge >= 0.3 is 51.4 Å². The van der Waals surface area contributed by atoms with E-state index in [9.17, 15) is 0 Å². The van der Waals surface area contributed by atoms with Crippen LogP contribution in [0.2, 0.25) is 0 Å². The number of rotatable bonds is 1. The molecule has 0 saturated heterocycles. The average molecular weight is 215 g/mol. The van der Waals surface area contributed by atoms with Crippen molar-refractivity contribution in [1.82, 2.24) is 5.32 Å². The van der Waals surface area contributed by atoms with Crippen molar-refractivity contribution in [2.45, 2.75) is 0 Å². The molecular formula is C8H6KN3S. The van der Waals surface area contributed by atoms with E-state index in [1.54, 1.807) is 6.19 Å². The maximum atomic E-state index is 8.21. The normalized spacial score (nSPS) is 9.62. The predicted molar refractivity (Wildman–Crippen MR) is 49.7 cm³/mol. The van der Waals surface area contributed by atoms with Gasteiger partial charge in [-0.2, -0.15) is 5.26 Å². The van der Waals surface area contributed by atoms with Crippen LogP contribution in [-0.2, 0) is 12.6 Å². The first-order chi connectivity index (χ1) is 5.83. The molecule has 1 rings (SSSR count). The molecule has 0 aliphatic carbocycles. The molecule has 0 atom stereocenters. The van der Waals surface area contributed by atoms with Crippen LogP contribution in [0.1, 0.15) is 0 Å². The van der Waals surface area contributed by atoms with E-state index in [1.165, 1.54) is 0 Å². The van der Waals surface area contributed by atoms with E-state index in [0.29, 0.717) is 0 Å². The SMILES string of the molecule is N#CNC([S-])=Nc1ccccc1.[K+]. The third kappa shape index (κ3) is 5.36. The number of aliphatic imine (C=N–C) groups is 1. The maximum absolute atomic E-state index is 8.21. The van der Waals surface area contributed by atoms with Gasteiger partial charge in [-0.05, 0) is 17.3 Å². The minimum Gasteiger partial charge on any atom is -0.742 e. The molecule has 0 unspecified atom stereocenters. The zero-order chi connectivity index (χ0) is 8.81. The van der Waals surface area contributed by atoms with Gasteiger partial charge in [0.25, 0.3) is 0 Å². The molecule has 0 heterocycles. The van der Waals surface area contributed by atoms with Gasteiger partial charge in [-0.25, -0.2) is 0 Å². The molecule has 60 valence electrons. The first kappa shape index (κ1) is 13.0. The zero-order valence-corrected chi connectivity index (χ0v) is 11.1. The van der Waals surface area contributed by atoms with Gasteiger partial charge in [-0.1, -0.05) is 18.2 Å². The Morgan fingerprint density at radius 3 is 2.54 bits per heavy atom. The van der Waals surface area contributed by atoms with E-state index in [2.05, 4.69) is 10.3 Å². The van der Waals surface area contributed by atoms with Gasteiger partial charge in [-0.3, -0.25) is 4.99 Å². The van der Waals surface area contributed by atoms with Crippen LogP contribution >= 0.6 is 0 Å². The van der Waals surface area contributed by atoms with E-state index in [1.807, 2.05) is 30.3 Å². The molecule has 0 aliphatic heterocycles. The number of hydrogen-bond acceptors (Lipinski definition) is 3. The van der Waals surface area contributed by atoms with Gasteiger partial charge in [0.05, 0.1) is 5.69 Å². The van der Waals surface area contributed by atoms with Crippen LogP contribution in [0.5, 0.6) is 0 Å². The first-order valence-corrected chi connectivity index (χ1v) is 3.69. The number of nitriles is 1. The van der Waals surface area contributed by atoms with Crippen LogP contribution in [0, 0.1) is 11.5 Å². The van der Waals surface area contributed by atoms with Crippen LogP contribution in [0.15, 0.2) is 35.3 Å². The second kappa shape index (κ2) is 7.44. The minimum atomic E-state index is 0. The van der Waals surface area contributed by atoms with E-state index in [4.69, 9.17) is 17.9 Å². The Morgan fingerprint density at radius 2 is 2.00 bits per heavy atom. The summed E-state index contributed by atoms with van der Waals surface area (Å²) in [7, 11) is 0. The van der Waals surface area contributed by atoms with Crippen molar-refractivity contribution >= 4 is 23.5 Å². The van der Waals surface area contributed by atoms with Crippen molar-refractivity contribution in [2.75, 3.05) is 0 Å². The molecule has 3 nitrogen and oxygen atoms in total. The number of hydrogen-bond donors (Lipinski definition) is 1. The van der Waals surface area contributed by atoms with Crippen molar-refractivity contribution < 1.29 is 51.4 Å². The van der Waals surface area contributed by atoms with E-state index < -0.39 is 0 Å². The predicted octanol–water partition coefficient (Wildman–Crippen LogP) is -1.70. The van der Waals surface area contributed by atoms with Gasteiger partial charge in [0.2, 0.25) is 0 Å². The Balaban J connectivity index is 0.00000144. The van der Waals surface area contributed by atoms with Crippen LogP contribution in [0.4, 0.5) is 5.69 Å². The molecule has 0 aliphatic rings. The molecule has 1 N–H and O–H groups in total. The Hall–Kier alpha value is 0.0364. The zero-order valence-electron chi connectivity index (χ0n) is 7.19. The van der Waals surface area contributed by atoms with Crippen molar-refractivity contribution in [1.29, 1.82) is 5.26 Å². The summed E-state index contributed by atoms with van der Waals surface area (Å²) >= 11 is 4.73. The van der Waals surface area contributed by atoms with Gasteiger partial charge in [0.1, 0.15) is 0 Å². The molecule has 0 radical (unpaired) electrons. The largest absolute Gasteiger partial charge is 1.00 e. The number of para-hydroxylation sites is 1. The molecule has 0 bridgehead atoms. The average Bonchev–Trinajstić information content (AvgIpc) is 2.06. The second-order valence-electron chi connectivity index (χ2n) is 1.99. The molecule has 0 amide bonds. The van der Waals surface area contributed by atoms with Crippen molar-refractivity contribution in [2.24, 2.45) is 4.99 Å². The summed E-state index contributed by atoms with van der Waals surface area (Å²) in [5.41, 5.74) is 0.741. The third-order valence-electron chi connectivity index (χ3n) is 1.15. The number of amidine groups is 1. The molecule has 0 spiro atoms. The van der Waals surface area contributed by atoms with E-state index in [-0.39, 0.29) is 56.6 Å². The van der Waals surface area contributed by atoms with Gasteiger partial charge in [-0.15, -0.1) is 0 Å². The smallest absolute Gasteiger partial charge is 0.742 e. The minimum absolute atomic E-state index is 0. The summed E-state index contributed by atoms with van der Waals surface area (Å²) in [6.07, 6.45) is 1.70. The fraction of sp³-hybridized carbons (Fsp3) is 0. The Morgan fingerprint density at radius 1 is 1.38 bits per heavy atom. The standard InChI is InChI=1S/C8H7N3S.K/c9-6-10-8(12)11-7-4-2-1-3-5-7;/h1-5H,(H2,10,11,12);/q;+1/p-1. The van der Waals surface area contributed by atoms with Gasteiger partial charge < -0.3 is 17.9 Å². The fourth-order valence-electron chi connectivity index (χ4n) is 0.696. The quantitative estimate of drug-likeness (QED) is 0.152. The summed E-state index contributed by atoms with van der Waals surface area (Å²) in [4.78, 5) is 3.95. The molecule has 5 heteroatoms. The third-order valence-corrected chi connectivity index (χ3v) is 1.34. The Labute approximate surface area is 125 Å². The van der Waals surface area contributed by atoms with Gasteiger partial charge in [0.15, 0.2) is 6.19 Å². The molecule has 0 aromatic heterocycles. The molecule has 13 heavy (non-hydrogen) atoms. The summed E-state index contributed by atoms with van der Waals surface area (Å²) < 4.78 is 0. The van der Waals surface area contributed by atoms with Crippen LogP contribution in [-0.4, -0.2) is 5.17 Å². The summed E-state index contributed by atoms with van der Waals surface area (Å²) in [6, 6.07) is 9.22. The van der Waals surface area contributed by atoms with Crippen LogP contribution in [0.25, 0.3) is 0 Å².